The van der Waals surface area contributed by atoms with E-state index in [4.69, 9.17) is 4.74 Å². The third-order valence-corrected chi connectivity index (χ3v) is 2.64. The molecule has 1 atom stereocenters. The molecule has 0 aliphatic heterocycles. The maximum atomic E-state index is 11.5. The topological polar surface area (TPSA) is 55.0 Å². The van der Waals surface area contributed by atoms with Crippen LogP contribution >= 0.6 is 12.4 Å². The maximum absolute atomic E-state index is 11.5. The number of ether oxygens (including phenoxy) is 1. The molecule has 0 bridgehead atoms. The van der Waals surface area contributed by atoms with Gasteiger partial charge >= 0.3 is 5.97 Å². The van der Waals surface area contributed by atoms with Gasteiger partial charge in [-0.1, -0.05) is 0 Å². The Hall–Kier alpha value is -1.03. The fraction of sp³-hybridized carbons (Fsp3) is 0.600. The van der Waals surface area contributed by atoms with E-state index in [0.29, 0.717) is 6.61 Å². The number of aromatic amines is 1. The van der Waals surface area contributed by atoms with E-state index in [2.05, 4.69) is 10.2 Å². The van der Waals surface area contributed by atoms with Gasteiger partial charge in [-0.2, -0.15) is 5.10 Å². The Balaban J connectivity index is 0.00000112. The van der Waals surface area contributed by atoms with Crippen LogP contribution in [0.2, 0.25) is 0 Å². The largest absolute Gasteiger partial charge is 0.466 e. The predicted molar refractivity (Wildman–Crippen MR) is 58.0 cm³/mol. The van der Waals surface area contributed by atoms with Gasteiger partial charge in [-0.15, -0.1) is 12.4 Å². The standard InChI is InChI=1S/C10H14N2O2.ClH/c1-2-14-10(13)7-3-4-9-8(5-7)6-11-12-9;/h6-7H,2-5H2,1H3,(H,11,12);1H. The number of rotatable bonds is 2. The Labute approximate surface area is 94.8 Å². The van der Waals surface area contributed by atoms with Crippen molar-refractivity contribution in [3.05, 3.63) is 17.5 Å². The Bertz CT molecular complexity index is 338. The summed E-state index contributed by atoms with van der Waals surface area (Å²) in [5.74, 6) is -0.0422. The minimum atomic E-state index is -0.0700. The lowest BCUT2D eigenvalue weighted by Gasteiger charge is -2.19. The zero-order valence-corrected chi connectivity index (χ0v) is 9.47. The smallest absolute Gasteiger partial charge is 0.309 e. The lowest BCUT2D eigenvalue weighted by atomic mass is 9.88. The predicted octanol–water partition coefficient (Wildman–Crippen LogP) is 1.50. The average molecular weight is 231 g/mol. The van der Waals surface area contributed by atoms with E-state index >= 15 is 0 Å². The zero-order valence-electron chi connectivity index (χ0n) is 8.66. The highest BCUT2D eigenvalue weighted by molar-refractivity contribution is 5.85. The second-order valence-corrected chi connectivity index (χ2v) is 3.57. The number of halogens is 1. The van der Waals surface area contributed by atoms with E-state index in [1.165, 1.54) is 5.69 Å². The number of aromatic nitrogens is 2. The molecule has 84 valence electrons. The average Bonchev–Trinajstić information content (AvgIpc) is 2.64. The third kappa shape index (κ3) is 2.50. The van der Waals surface area contributed by atoms with E-state index in [1.54, 1.807) is 6.20 Å². The maximum Gasteiger partial charge on any atom is 0.309 e. The van der Waals surface area contributed by atoms with E-state index in [0.717, 1.165) is 24.8 Å². The summed E-state index contributed by atoms with van der Waals surface area (Å²) in [5, 5.41) is 6.91. The monoisotopic (exact) mass is 230 g/mol. The molecule has 1 aliphatic carbocycles. The van der Waals surface area contributed by atoms with Gasteiger partial charge in [0.25, 0.3) is 0 Å². The molecule has 1 heterocycles. The van der Waals surface area contributed by atoms with Crippen LogP contribution in [0.5, 0.6) is 0 Å². The van der Waals surface area contributed by atoms with Crippen molar-refractivity contribution in [2.75, 3.05) is 6.61 Å². The zero-order chi connectivity index (χ0) is 9.97. The van der Waals surface area contributed by atoms with Gasteiger partial charge in [0.05, 0.1) is 18.7 Å². The van der Waals surface area contributed by atoms with Gasteiger partial charge in [0.15, 0.2) is 0 Å². The van der Waals surface area contributed by atoms with Crippen molar-refractivity contribution in [3.63, 3.8) is 0 Å². The first-order valence-electron chi connectivity index (χ1n) is 4.99. The van der Waals surface area contributed by atoms with Gasteiger partial charge in [0.2, 0.25) is 0 Å². The van der Waals surface area contributed by atoms with Gasteiger partial charge in [0.1, 0.15) is 0 Å². The van der Waals surface area contributed by atoms with E-state index in [-0.39, 0.29) is 24.3 Å². The summed E-state index contributed by atoms with van der Waals surface area (Å²) >= 11 is 0. The summed E-state index contributed by atoms with van der Waals surface area (Å²) < 4.78 is 5.00. The first kappa shape index (κ1) is 12.0. The van der Waals surface area contributed by atoms with Crippen molar-refractivity contribution < 1.29 is 9.53 Å². The number of hydrogen-bond donors (Lipinski definition) is 1. The van der Waals surface area contributed by atoms with Gasteiger partial charge in [0, 0.05) is 5.69 Å². The molecule has 1 aromatic heterocycles. The van der Waals surface area contributed by atoms with Crippen LogP contribution in [0.25, 0.3) is 0 Å². The fourth-order valence-corrected chi connectivity index (χ4v) is 1.88. The lowest BCUT2D eigenvalue weighted by Crippen LogP contribution is -2.24. The molecular weight excluding hydrogens is 216 g/mol. The highest BCUT2D eigenvalue weighted by atomic mass is 35.5. The van der Waals surface area contributed by atoms with Crippen LogP contribution in [0.1, 0.15) is 24.6 Å². The number of hydrogen-bond acceptors (Lipinski definition) is 3. The Kier molecular flexibility index (Phi) is 4.15. The summed E-state index contributed by atoms with van der Waals surface area (Å²) in [7, 11) is 0. The van der Waals surface area contributed by atoms with Crippen molar-refractivity contribution in [2.24, 2.45) is 5.92 Å². The molecule has 1 N–H and O–H groups in total. The second-order valence-electron chi connectivity index (χ2n) is 3.57. The third-order valence-electron chi connectivity index (χ3n) is 2.64. The molecule has 5 heteroatoms. The van der Waals surface area contributed by atoms with Crippen molar-refractivity contribution >= 4 is 18.4 Å². The summed E-state index contributed by atoms with van der Waals surface area (Å²) in [6.07, 6.45) is 4.35. The number of fused-ring (bicyclic) bond motifs is 1. The minimum absolute atomic E-state index is 0. The number of nitrogens with zero attached hydrogens (tertiary/aromatic N) is 1. The molecule has 1 aliphatic rings. The number of esters is 1. The van der Waals surface area contributed by atoms with Crippen LogP contribution in [0.15, 0.2) is 6.20 Å². The van der Waals surface area contributed by atoms with Crippen LogP contribution in [0.3, 0.4) is 0 Å². The van der Waals surface area contributed by atoms with E-state index in [1.807, 2.05) is 6.92 Å². The van der Waals surface area contributed by atoms with E-state index in [9.17, 15) is 4.79 Å². The lowest BCUT2D eigenvalue weighted by molar-refractivity contribution is -0.148. The number of H-pyrrole nitrogens is 1. The highest BCUT2D eigenvalue weighted by Crippen LogP contribution is 2.24. The van der Waals surface area contributed by atoms with Crippen molar-refractivity contribution in [1.82, 2.24) is 10.2 Å². The fourth-order valence-electron chi connectivity index (χ4n) is 1.88. The van der Waals surface area contributed by atoms with Crippen LogP contribution in [-0.4, -0.2) is 22.8 Å². The molecule has 0 radical (unpaired) electrons. The molecule has 0 saturated carbocycles. The van der Waals surface area contributed by atoms with Crippen molar-refractivity contribution in [2.45, 2.75) is 26.2 Å². The molecule has 4 nitrogen and oxygen atoms in total. The molecule has 1 aromatic rings. The number of carbonyl (C=O) groups is 1. The summed E-state index contributed by atoms with van der Waals surface area (Å²) in [6.45, 7) is 2.30. The summed E-state index contributed by atoms with van der Waals surface area (Å²) in [6, 6.07) is 0. The molecule has 0 amide bonds. The number of nitrogens with one attached hydrogen (secondary N) is 1. The first-order chi connectivity index (χ1) is 6.81. The molecule has 15 heavy (non-hydrogen) atoms. The molecule has 0 aromatic carbocycles. The Morgan fingerprint density at radius 3 is 3.27 bits per heavy atom. The van der Waals surface area contributed by atoms with Crippen molar-refractivity contribution in [3.8, 4) is 0 Å². The Morgan fingerprint density at radius 2 is 2.53 bits per heavy atom. The quantitative estimate of drug-likeness (QED) is 0.784. The summed E-state index contributed by atoms with van der Waals surface area (Å²) in [5.41, 5.74) is 2.33. The van der Waals surface area contributed by atoms with Gasteiger partial charge in [-0.25, -0.2) is 0 Å². The van der Waals surface area contributed by atoms with E-state index < -0.39 is 0 Å². The van der Waals surface area contributed by atoms with Crippen LogP contribution in [-0.2, 0) is 22.4 Å². The van der Waals surface area contributed by atoms with Crippen LogP contribution < -0.4 is 0 Å². The molecular formula is C10H15ClN2O2. The first-order valence-corrected chi connectivity index (χ1v) is 4.99. The summed E-state index contributed by atoms with van der Waals surface area (Å²) in [4.78, 5) is 11.5. The second kappa shape index (κ2) is 5.16. The Morgan fingerprint density at radius 1 is 1.73 bits per heavy atom. The highest BCUT2D eigenvalue weighted by Gasteiger charge is 2.26. The van der Waals surface area contributed by atoms with Crippen molar-refractivity contribution in [1.29, 1.82) is 0 Å². The molecule has 0 saturated heterocycles. The molecule has 0 fully saturated rings. The SMILES string of the molecule is CCOC(=O)C1CCc2[nH]ncc2C1.Cl. The van der Waals surface area contributed by atoms with Gasteiger partial charge in [-0.05, 0) is 31.7 Å². The molecule has 1 unspecified atom stereocenters. The van der Waals surface area contributed by atoms with Gasteiger partial charge < -0.3 is 4.74 Å². The van der Waals surface area contributed by atoms with Crippen LogP contribution in [0.4, 0.5) is 0 Å². The van der Waals surface area contributed by atoms with Crippen LogP contribution in [0, 0.1) is 5.92 Å². The number of carbonyl (C=O) groups excluding carboxylic acids is 1. The normalized spacial score (nSPS) is 18.9. The number of aryl methyl sites for hydroxylation is 1. The van der Waals surface area contributed by atoms with Gasteiger partial charge in [-0.3, -0.25) is 9.89 Å². The minimum Gasteiger partial charge on any atom is -0.466 e. The molecule has 0 spiro atoms. The molecule has 2 rings (SSSR count).